The molecule has 0 fully saturated rings. The maximum absolute atomic E-state index is 13.0. The Balaban J connectivity index is 2.37. The van der Waals surface area contributed by atoms with E-state index in [0.29, 0.717) is 105 Å². The van der Waals surface area contributed by atoms with Crippen molar-refractivity contribution in [2.45, 2.75) is 43.2 Å². The Morgan fingerprint density at radius 2 is 1.08 bits per heavy atom. The highest BCUT2D eigenvalue weighted by Gasteiger charge is 2.30. The summed E-state index contributed by atoms with van der Waals surface area (Å²) in [7, 11) is -3.72. The predicted octanol–water partition coefficient (Wildman–Crippen LogP) is 4.98. The summed E-state index contributed by atoms with van der Waals surface area (Å²) in [6.45, 7) is 5.11. The number of halogens is 3. The van der Waals surface area contributed by atoms with Gasteiger partial charge < -0.3 is 33.3 Å². The second-order valence-electron chi connectivity index (χ2n) is 10.5. The number of nitrogens with zero attached hydrogens (tertiary/aromatic N) is 7. The lowest BCUT2D eigenvalue weighted by molar-refractivity contribution is -0.137. The number of alkyl halides is 3. The summed E-state index contributed by atoms with van der Waals surface area (Å²) in [5.41, 5.74) is 15.5. The van der Waals surface area contributed by atoms with Crippen molar-refractivity contribution in [3.05, 3.63) is 50.7 Å². The van der Waals surface area contributed by atoms with Crippen molar-refractivity contribution in [1.29, 1.82) is 0 Å². The van der Waals surface area contributed by atoms with E-state index < -0.39 is 21.6 Å². The van der Waals surface area contributed by atoms with Gasteiger partial charge in [-0.1, -0.05) is 23.1 Å². The van der Waals surface area contributed by atoms with E-state index in [-0.39, 0.29) is 49.3 Å². The van der Waals surface area contributed by atoms with Crippen LogP contribution in [0.4, 0.5) is 13.2 Å². The summed E-state index contributed by atoms with van der Waals surface area (Å²) in [4.78, 5) is 19.8. The first-order valence-corrected chi connectivity index (χ1v) is 17.9. The van der Waals surface area contributed by atoms with Crippen LogP contribution in [0.15, 0.2) is 39.4 Å². The minimum absolute atomic E-state index is 0.0992. The number of ether oxygens (including phenoxy) is 6. The third-order valence-corrected chi connectivity index (χ3v) is 8.56. The second-order valence-corrected chi connectivity index (χ2v) is 12.6. The molecule has 0 heterocycles. The van der Waals surface area contributed by atoms with Gasteiger partial charge in [0.25, 0.3) is 0 Å². The Morgan fingerprint density at radius 3 is 1.52 bits per heavy atom. The Kier molecular flexibility index (Phi) is 25.6. The summed E-state index contributed by atoms with van der Waals surface area (Å²) in [5, 5.41) is 6.73. The molecule has 1 aromatic rings. The van der Waals surface area contributed by atoms with Gasteiger partial charge in [0.2, 0.25) is 5.91 Å². The van der Waals surface area contributed by atoms with Gasteiger partial charge in [-0.15, -0.1) is 0 Å². The van der Waals surface area contributed by atoms with Crippen LogP contribution in [0.1, 0.15) is 37.7 Å². The summed E-state index contributed by atoms with van der Waals surface area (Å²) in [5.74, 6) is -0.298. The highest BCUT2D eigenvalue weighted by molar-refractivity contribution is 7.91. The van der Waals surface area contributed by atoms with Crippen molar-refractivity contribution in [2.24, 2.45) is 10.2 Å². The standard InChI is InChI=1S/C30H48F3N7O9S/c31-30(32,33)27-6-8-28(9-7-27)50(42,43)26-4-2-1-3-5-29(41)40(12-16-46-20-24-48-22-18-44-14-10-36-38-34)13-17-47-21-25-49-23-19-45-15-11-37-39-35/h6-9H,1-5,10-26H2. The van der Waals surface area contributed by atoms with Crippen molar-refractivity contribution >= 4 is 15.7 Å². The molecule has 0 N–H and O–H groups in total. The van der Waals surface area contributed by atoms with Crippen molar-refractivity contribution in [1.82, 2.24) is 4.90 Å². The zero-order chi connectivity index (χ0) is 36.8. The number of hydrogen-bond donors (Lipinski definition) is 0. The van der Waals surface area contributed by atoms with Gasteiger partial charge in [-0.25, -0.2) is 8.42 Å². The lowest BCUT2D eigenvalue weighted by atomic mass is 10.1. The zero-order valence-corrected chi connectivity index (χ0v) is 29.0. The molecular formula is C30H48F3N7O9S. The molecule has 0 atom stereocenters. The molecule has 50 heavy (non-hydrogen) atoms. The predicted molar refractivity (Wildman–Crippen MR) is 176 cm³/mol. The molecule has 0 aliphatic rings. The number of rotatable bonds is 32. The van der Waals surface area contributed by atoms with Crippen molar-refractivity contribution in [3.63, 3.8) is 0 Å². The molecule has 1 rings (SSSR count). The van der Waals surface area contributed by atoms with Crippen molar-refractivity contribution in [3.8, 4) is 0 Å². The maximum atomic E-state index is 13.0. The molecule has 0 unspecified atom stereocenters. The van der Waals surface area contributed by atoms with E-state index in [4.69, 9.17) is 39.5 Å². The van der Waals surface area contributed by atoms with Crippen LogP contribution < -0.4 is 0 Å². The number of sulfone groups is 1. The molecule has 0 aromatic heterocycles. The van der Waals surface area contributed by atoms with Gasteiger partial charge >= 0.3 is 6.18 Å². The first-order valence-electron chi connectivity index (χ1n) is 16.3. The molecule has 16 nitrogen and oxygen atoms in total. The van der Waals surface area contributed by atoms with Crippen LogP contribution in [0.3, 0.4) is 0 Å². The minimum Gasteiger partial charge on any atom is -0.379 e. The number of amides is 1. The summed E-state index contributed by atoms with van der Waals surface area (Å²) in [6, 6.07) is 3.46. The van der Waals surface area contributed by atoms with Crippen molar-refractivity contribution in [2.75, 3.05) is 111 Å². The number of azide groups is 2. The first-order chi connectivity index (χ1) is 24.1. The number of carbonyl (C=O) groups is 1. The summed E-state index contributed by atoms with van der Waals surface area (Å²) < 4.78 is 95.9. The molecule has 0 spiro atoms. The average molecular weight is 740 g/mol. The highest BCUT2D eigenvalue weighted by Crippen LogP contribution is 2.30. The third kappa shape index (κ3) is 23.3. The van der Waals surface area contributed by atoms with E-state index in [2.05, 4.69) is 20.1 Å². The average Bonchev–Trinajstić information content (AvgIpc) is 3.09. The van der Waals surface area contributed by atoms with Crippen LogP contribution in [0.25, 0.3) is 20.9 Å². The fourth-order valence-electron chi connectivity index (χ4n) is 4.14. The van der Waals surface area contributed by atoms with E-state index in [1.807, 2.05) is 0 Å². The Bertz CT molecular complexity index is 1210. The van der Waals surface area contributed by atoms with Crippen LogP contribution >= 0.6 is 0 Å². The minimum atomic E-state index is -4.54. The van der Waals surface area contributed by atoms with Gasteiger partial charge in [0.1, 0.15) is 0 Å². The molecule has 0 saturated carbocycles. The number of hydrogen-bond acceptors (Lipinski definition) is 11. The van der Waals surface area contributed by atoms with Gasteiger partial charge in [0.15, 0.2) is 9.84 Å². The molecule has 284 valence electrons. The SMILES string of the molecule is [N-]=[N+]=NCCOCCOCCOCCN(CCOCCOCCOCCN=[N+]=[N-])C(=O)CCCCCCS(=O)(=O)c1ccc(C(F)(F)F)cc1. The van der Waals surface area contributed by atoms with E-state index >= 15 is 0 Å². The Morgan fingerprint density at radius 1 is 0.660 bits per heavy atom. The smallest absolute Gasteiger partial charge is 0.379 e. The van der Waals surface area contributed by atoms with E-state index in [0.717, 1.165) is 24.3 Å². The number of benzene rings is 1. The quantitative estimate of drug-likeness (QED) is 0.0422. The largest absolute Gasteiger partial charge is 0.416 e. The Hall–Kier alpha value is -3.19. The summed E-state index contributed by atoms with van der Waals surface area (Å²) in [6.07, 6.45) is -2.30. The fraction of sp³-hybridized carbons (Fsp3) is 0.767. The number of carbonyl (C=O) groups excluding carboxylic acids is 1. The maximum Gasteiger partial charge on any atom is 0.416 e. The van der Waals surface area contributed by atoms with E-state index in [1.54, 1.807) is 4.90 Å². The first kappa shape index (κ1) is 44.8. The van der Waals surface area contributed by atoms with Gasteiger partial charge in [0, 0.05) is 42.4 Å². The topological polar surface area (TPSA) is 207 Å². The van der Waals surface area contributed by atoms with Gasteiger partial charge in [-0.3, -0.25) is 4.79 Å². The molecule has 0 aliphatic carbocycles. The lowest BCUT2D eigenvalue weighted by Crippen LogP contribution is -2.37. The Labute approximate surface area is 290 Å². The summed E-state index contributed by atoms with van der Waals surface area (Å²) >= 11 is 0. The molecule has 0 bridgehead atoms. The van der Waals surface area contributed by atoms with Crippen molar-refractivity contribution < 1.29 is 54.8 Å². The van der Waals surface area contributed by atoms with Gasteiger partial charge in [-0.2, -0.15) is 13.2 Å². The van der Waals surface area contributed by atoms with Crippen LogP contribution in [-0.4, -0.2) is 130 Å². The number of unbranched alkanes of at least 4 members (excludes halogenated alkanes) is 3. The van der Waals surface area contributed by atoms with Crippen LogP contribution in [0.2, 0.25) is 0 Å². The molecule has 1 amide bonds. The van der Waals surface area contributed by atoms with Gasteiger partial charge in [-0.05, 0) is 48.2 Å². The molecule has 1 aromatic carbocycles. The molecule has 0 saturated heterocycles. The third-order valence-electron chi connectivity index (χ3n) is 6.74. The van der Waals surface area contributed by atoms with E-state index in [9.17, 15) is 26.4 Å². The van der Waals surface area contributed by atoms with Crippen LogP contribution in [0.5, 0.6) is 0 Å². The monoisotopic (exact) mass is 739 g/mol. The molecule has 0 aliphatic heterocycles. The zero-order valence-electron chi connectivity index (χ0n) is 28.2. The molecular weight excluding hydrogens is 691 g/mol. The van der Waals surface area contributed by atoms with Crippen LogP contribution in [0, 0.1) is 0 Å². The highest BCUT2D eigenvalue weighted by atomic mass is 32.2. The normalized spacial score (nSPS) is 11.6. The van der Waals surface area contributed by atoms with Crippen LogP contribution in [-0.2, 0) is 49.2 Å². The lowest BCUT2D eigenvalue weighted by Gasteiger charge is -2.23. The molecule has 0 radical (unpaired) electrons. The van der Waals surface area contributed by atoms with E-state index in [1.165, 1.54) is 0 Å². The second kappa shape index (κ2) is 28.5. The fourth-order valence-corrected chi connectivity index (χ4v) is 5.51. The molecule has 20 heteroatoms. The van der Waals surface area contributed by atoms with Gasteiger partial charge in [0.05, 0.1) is 95.5 Å².